The number of methoxy groups -OCH3 is 1. The summed E-state index contributed by atoms with van der Waals surface area (Å²) < 4.78 is 10.8. The number of amides is 1. The van der Waals surface area contributed by atoms with Crippen LogP contribution in [0.1, 0.15) is 35.6 Å². The van der Waals surface area contributed by atoms with Crippen molar-refractivity contribution in [3.63, 3.8) is 0 Å². The van der Waals surface area contributed by atoms with Gasteiger partial charge in [-0.2, -0.15) is 0 Å². The lowest BCUT2D eigenvalue weighted by Crippen LogP contribution is -2.29. The van der Waals surface area contributed by atoms with Gasteiger partial charge in [0.1, 0.15) is 11.5 Å². The first-order chi connectivity index (χ1) is 14.2. The van der Waals surface area contributed by atoms with Crippen LogP contribution in [0.15, 0.2) is 78.9 Å². The molecule has 1 amide bonds. The molecular formula is C25H27NO3. The highest BCUT2D eigenvalue weighted by Gasteiger charge is 2.18. The molecule has 0 heterocycles. The van der Waals surface area contributed by atoms with Gasteiger partial charge in [-0.25, -0.2) is 0 Å². The summed E-state index contributed by atoms with van der Waals surface area (Å²) in [4.78, 5) is 12.6. The van der Waals surface area contributed by atoms with Crippen LogP contribution in [0.2, 0.25) is 0 Å². The standard InChI is InChI=1S/C25H27NO3/c1-19-9-6-7-12-23(19)25(20-10-4-3-5-11-20)26-24(27)13-8-18-29-22-16-14-21(28-2)15-17-22/h3-7,9-12,14-17,25H,8,13,18H2,1-2H3,(H,26,27). The molecule has 0 bridgehead atoms. The van der Waals surface area contributed by atoms with Crippen LogP contribution >= 0.6 is 0 Å². The van der Waals surface area contributed by atoms with Gasteiger partial charge in [0.25, 0.3) is 0 Å². The number of carbonyl (C=O) groups is 1. The van der Waals surface area contributed by atoms with Crippen molar-refractivity contribution in [1.82, 2.24) is 5.32 Å². The van der Waals surface area contributed by atoms with Crippen LogP contribution in [-0.2, 0) is 4.79 Å². The van der Waals surface area contributed by atoms with Crippen molar-refractivity contribution in [2.24, 2.45) is 0 Å². The maximum atomic E-state index is 12.6. The van der Waals surface area contributed by atoms with Crippen molar-refractivity contribution in [3.05, 3.63) is 95.6 Å². The number of aryl methyl sites for hydroxylation is 1. The molecular weight excluding hydrogens is 362 g/mol. The minimum absolute atomic E-state index is 0.0143. The smallest absolute Gasteiger partial charge is 0.220 e. The van der Waals surface area contributed by atoms with Gasteiger partial charge in [0.2, 0.25) is 5.91 Å². The molecule has 150 valence electrons. The van der Waals surface area contributed by atoms with Gasteiger partial charge < -0.3 is 14.8 Å². The van der Waals surface area contributed by atoms with Crippen molar-refractivity contribution in [3.8, 4) is 11.5 Å². The molecule has 0 aliphatic carbocycles. The number of rotatable bonds is 9. The van der Waals surface area contributed by atoms with Crippen molar-refractivity contribution in [2.75, 3.05) is 13.7 Å². The number of hydrogen-bond donors (Lipinski definition) is 1. The number of carbonyl (C=O) groups excluding carboxylic acids is 1. The highest BCUT2D eigenvalue weighted by Crippen LogP contribution is 2.25. The molecule has 1 atom stereocenters. The molecule has 3 aromatic rings. The minimum Gasteiger partial charge on any atom is -0.497 e. The van der Waals surface area contributed by atoms with Gasteiger partial charge in [-0.1, -0.05) is 54.6 Å². The lowest BCUT2D eigenvalue weighted by Gasteiger charge is -2.21. The van der Waals surface area contributed by atoms with Crippen LogP contribution in [0.4, 0.5) is 0 Å². The molecule has 3 aromatic carbocycles. The molecule has 1 N–H and O–H groups in total. The Balaban J connectivity index is 1.56. The summed E-state index contributed by atoms with van der Waals surface area (Å²) >= 11 is 0. The van der Waals surface area contributed by atoms with Crippen molar-refractivity contribution in [1.29, 1.82) is 0 Å². The van der Waals surface area contributed by atoms with E-state index in [4.69, 9.17) is 9.47 Å². The first kappa shape index (κ1) is 20.5. The fraction of sp³-hybridized carbons (Fsp3) is 0.240. The van der Waals surface area contributed by atoms with E-state index in [0.29, 0.717) is 19.4 Å². The molecule has 3 rings (SSSR count). The fourth-order valence-corrected chi connectivity index (χ4v) is 3.22. The molecule has 1 unspecified atom stereocenters. The van der Waals surface area contributed by atoms with Gasteiger partial charge in [-0.05, 0) is 54.3 Å². The van der Waals surface area contributed by atoms with E-state index in [0.717, 1.165) is 28.2 Å². The quantitative estimate of drug-likeness (QED) is 0.520. The van der Waals surface area contributed by atoms with Crippen LogP contribution < -0.4 is 14.8 Å². The van der Waals surface area contributed by atoms with E-state index in [-0.39, 0.29) is 11.9 Å². The third-order valence-electron chi connectivity index (χ3n) is 4.81. The van der Waals surface area contributed by atoms with Gasteiger partial charge in [-0.3, -0.25) is 4.79 Å². The summed E-state index contributed by atoms with van der Waals surface area (Å²) in [5.41, 5.74) is 3.34. The Kier molecular flexibility index (Phi) is 7.28. The maximum absolute atomic E-state index is 12.6. The second-order valence-corrected chi connectivity index (χ2v) is 6.90. The predicted molar refractivity (Wildman–Crippen MR) is 115 cm³/mol. The topological polar surface area (TPSA) is 47.6 Å². The summed E-state index contributed by atoms with van der Waals surface area (Å²) in [5.74, 6) is 1.58. The van der Waals surface area contributed by atoms with E-state index in [1.54, 1.807) is 7.11 Å². The average molecular weight is 389 g/mol. The molecule has 4 heteroatoms. The zero-order valence-corrected chi connectivity index (χ0v) is 16.9. The first-order valence-electron chi connectivity index (χ1n) is 9.84. The second kappa shape index (κ2) is 10.3. The molecule has 4 nitrogen and oxygen atoms in total. The van der Waals surface area contributed by atoms with Crippen molar-refractivity contribution >= 4 is 5.91 Å². The SMILES string of the molecule is COc1ccc(OCCCC(=O)NC(c2ccccc2)c2ccccc2C)cc1. The Morgan fingerprint density at radius 3 is 2.24 bits per heavy atom. The number of hydrogen-bond acceptors (Lipinski definition) is 3. The number of ether oxygens (including phenoxy) is 2. The third-order valence-corrected chi connectivity index (χ3v) is 4.81. The monoisotopic (exact) mass is 389 g/mol. The van der Waals surface area contributed by atoms with E-state index >= 15 is 0 Å². The van der Waals surface area contributed by atoms with Crippen LogP contribution in [0.25, 0.3) is 0 Å². The normalized spacial score (nSPS) is 11.5. The van der Waals surface area contributed by atoms with Crippen LogP contribution in [0.3, 0.4) is 0 Å². The summed E-state index contributed by atoms with van der Waals surface area (Å²) in [7, 11) is 1.63. The van der Waals surface area contributed by atoms with Crippen LogP contribution in [-0.4, -0.2) is 19.6 Å². The Bertz CT molecular complexity index is 907. The van der Waals surface area contributed by atoms with Gasteiger partial charge in [0, 0.05) is 6.42 Å². The van der Waals surface area contributed by atoms with E-state index in [9.17, 15) is 4.79 Å². The lowest BCUT2D eigenvalue weighted by molar-refractivity contribution is -0.121. The van der Waals surface area contributed by atoms with Gasteiger partial charge in [0.15, 0.2) is 0 Å². The van der Waals surface area contributed by atoms with Crippen LogP contribution in [0, 0.1) is 6.92 Å². The Morgan fingerprint density at radius 1 is 0.897 bits per heavy atom. The van der Waals surface area contributed by atoms with Gasteiger partial charge >= 0.3 is 0 Å². The van der Waals surface area contributed by atoms with Crippen LogP contribution in [0.5, 0.6) is 11.5 Å². The molecule has 0 radical (unpaired) electrons. The zero-order valence-electron chi connectivity index (χ0n) is 16.9. The molecule has 0 aliphatic heterocycles. The molecule has 0 saturated carbocycles. The lowest BCUT2D eigenvalue weighted by atomic mass is 9.95. The van der Waals surface area contributed by atoms with E-state index in [1.807, 2.05) is 66.7 Å². The Labute approximate surface area is 172 Å². The molecule has 0 aliphatic rings. The fourth-order valence-electron chi connectivity index (χ4n) is 3.22. The highest BCUT2D eigenvalue weighted by molar-refractivity contribution is 5.77. The van der Waals surface area contributed by atoms with Crippen molar-refractivity contribution in [2.45, 2.75) is 25.8 Å². The molecule has 0 saturated heterocycles. The summed E-state index contributed by atoms with van der Waals surface area (Å²) in [6.45, 7) is 2.56. The number of benzene rings is 3. The Hall–Kier alpha value is -3.27. The predicted octanol–water partition coefficient (Wildman–Crippen LogP) is 5.07. The third kappa shape index (κ3) is 5.85. The van der Waals surface area contributed by atoms with Crippen molar-refractivity contribution < 1.29 is 14.3 Å². The van der Waals surface area contributed by atoms with E-state index < -0.39 is 0 Å². The molecule has 0 aromatic heterocycles. The van der Waals surface area contributed by atoms with Gasteiger partial charge in [-0.15, -0.1) is 0 Å². The zero-order chi connectivity index (χ0) is 20.5. The summed E-state index contributed by atoms with van der Waals surface area (Å²) in [6, 6.07) is 25.5. The Morgan fingerprint density at radius 2 is 1.55 bits per heavy atom. The van der Waals surface area contributed by atoms with E-state index in [2.05, 4.69) is 24.4 Å². The molecule has 0 spiro atoms. The first-order valence-corrected chi connectivity index (χ1v) is 9.84. The average Bonchev–Trinajstić information content (AvgIpc) is 2.77. The largest absolute Gasteiger partial charge is 0.497 e. The molecule has 29 heavy (non-hydrogen) atoms. The minimum atomic E-state index is -0.160. The highest BCUT2D eigenvalue weighted by atomic mass is 16.5. The van der Waals surface area contributed by atoms with Gasteiger partial charge in [0.05, 0.1) is 19.8 Å². The summed E-state index contributed by atoms with van der Waals surface area (Å²) in [6.07, 6.45) is 1.05. The molecule has 0 fully saturated rings. The maximum Gasteiger partial charge on any atom is 0.220 e. The number of nitrogens with one attached hydrogen (secondary N) is 1. The van der Waals surface area contributed by atoms with E-state index in [1.165, 1.54) is 0 Å². The summed E-state index contributed by atoms with van der Waals surface area (Å²) in [5, 5.41) is 3.19. The second-order valence-electron chi connectivity index (χ2n) is 6.90.